The molecule has 4 heteroatoms. The quantitative estimate of drug-likeness (QED) is 0.626. The van der Waals surface area contributed by atoms with Crippen molar-refractivity contribution in [3.05, 3.63) is 71.3 Å². The van der Waals surface area contributed by atoms with Crippen molar-refractivity contribution in [3.8, 4) is 0 Å². The normalized spacial score (nSPS) is 11.7. The van der Waals surface area contributed by atoms with Gasteiger partial charge in [-0.1, -0.05) is 80.4 Å². The molecule has 2 aromatic rings. The predicted molar refractivity (Wildman–Crippen MR) is 114 cm³/mol. The third-order valence-corrected chi connectivity index (χ3v) is 4.85. The first-order valence-electron chi connectivity index (χ1n) is 10.2. The van der Waals surface area contributed by atoms with Crippen molar-refractivity contribution in [1.29, 1.82) is 0 Å². The summed E-state index contributed by atoms with van der Waals surface area (Å²) in [4.78, 5) is 27.7. The SMILES string of the molecule is CCCCNC(=O)[C@@H](CC)N(Cc1cccc(C)c1)C(=O)Cc1ccccc1. The number of hydrogen-bond acceptors (Lipinski definition) is 2. The molecule has 0 heterocycles. The molecule has 1 N–H and O–H groups in total. The Morgan fingerprint density at radius 3 is 2.36 bits per heavy atom. The zero-order valence-corrected chi connectivity index (χ0v) is 17.3. The second-order valence-corrected chi connectivity index (χ2v) is 7.24. The molecule has 150 valence electrons. The van der Waals surface area contributed by atoms with Crippen molar-refractivity contribution < 1.29 is 9.59 Å². The molecule has 0 aliphatic carbocycles. The maximum absolute atomic E-state index is 13.2. The van der Waals surface area contributed by atoms with E-state index in [0.717, 1.165) is 29.5 Å². The van der Waals surface area contributed by atoms with Crippen LogP contribution in [0.15, 0.2) is 54.6 Å². The number of hydrogen-bond donors (Lipinski definition) is 1. The van der Waals surface area contributed by atoms with Gasteiger partial charge < -0.3 is 10.2 Å². The van der Waals surface area contributed by atoms with E-state index in [1.165, 1.54) is 0 Å². The minimum atomic E-state index is -0.464. The summed E-state index contributed by atoms with van der Waals surface area (Å²) in [5.74, 6) is -0.0878. The smallest absolute Gasteiger partial charge is 0.242 e. The van der Waals surface area contributed by atoms with Crippen molar-refractivity contribution >= 4 is 11.8 Å². The highest BCUT2D eigenvalue weighted by molar-refractivity contribution is 5.88. The highest BCUT2D eigenvalue weighted by Crippen LogP contribution is 2.15. The molecule has 2 amide bonds. The van der Waals surface area contributed by atoms with Crippen LogP contribution in [-0.2, 0) is 22.6 Å². The Bertz CT molecular complexity index is 758. The van der Waals surface area contributed by atoms with Gasteiger partial charge in [0, 0.05) is 13.1 Å². The molecule has 0 saturated carbocycles. The standard InChI is InChI=1S/C24H32N2O2/c1-4-6-15-25-24(28)22(5-2)26(18-21-14-10-11-19(3)16-21)23(27)17-20-12-8-7-9-13-20/h7-14,16,22H,4-6,15,17-18H2,1-3H3,(H,25,28)/t22-/m1/s1. The average molecular weight is 381 g/mol. The fraction of sp³-hybridized carbons (Fsp3) is 0.417. The van der Waals surface area contributed by atoms with Crippen LogP contribution in [-0.4, -0.2) is 29.3 Å². The van der Waals surface area contributed by atoms with Crippen molar-refractivity contribution in [2.75, 3.05) is 6.54 Å². The lowest BCUT2D eigenvalue weighted by Crippen LogP contribution is -2.49. The van der Waals surface area contributed by atoms with Crippen molar-refractivity contribution in [3.63, 3.8) is 0 Å². The molecule has 0 aliphatic heterocycles. The highest BCUT2D eigenvalue weighted by atomic mass is 16.2. The van der Waals surface area contributed by atoms with Crippen LogP contribution in [0.2, 0.25) is 0 Å². The van der Waals surface area contributed by atoms with Crippen LogP contribution in [0, 0.1) is 6.92 Å². The van der Waals surface area contributed by atoms with E-state index < -0.39 is 6.04 Å². The molecule has 2 rings (SSSR count). The number of nitrogens with zero attached hydrogens (tertiary/aromatic N) is 1. The minimum absolute atomic E-state index is 0.0230. The number of rotatable bonds is 10. The second-order valence-electron chi connectivity index (χ2n) is 7.24. The number of unbranched alkanes of at least 4 members (excludes halogenated alkanes) is 1. The summed E-state index contributed by atoms with van der Waals surface area (Å²) in [6.07, 6.45) is 2.85. The van der Waals surface area contributed by atoms with Gasteiger partial charge >= 0.3 is 0 Å². The Balaban J connectivity index is 2.22. The molecule has 2 aromatic carbocycles. The fourth-order valence-corrected chi connectivity index (χ4v) is 3.30. The summed E-state index contributed by atoms with van der Waals surface area (Å²) in [7, 11) is 0. The molecule has 0 saturated heterocycles. The highest BCUT2D eigenvalue weighted by Gasteiger charge is 2.28. The number of nitrogens with one attached hydrogen (secondary N) is 1. The Morgan fingerprint density at radius 1 is 1.00 bits per heavy atom. The first-order valence-corrected chi connectivity index (χ1v) is 10.2. The van der Waals surface area contributed by atoms with E-state index in [1.54, 1.807) is 4.90 Å². The van der Waals surface area contributed by atoms with Gasteiger partial charge in [0.1, 0.15) is 6.04 Å². The summed E-state index contributed by atoms with van der Waals surface area (Å²) >= 11 is 0. The lowest BCUT2D eigenvalue weighted by molar-refractivity contribution is -0.140. The number of benzene rings is 2. The second kappa shape index (κ2) is 11.3. The number of amides is 2. The summed E-state index contributed by atoms with van der Waals surface area (Å²) in [5, 5.41) is 3.00. The first kappa shape index (κ1) is 21.7. The molecule has 0 unspecified atom stereocenters. The van der Waals surface area contributed by atoms with Gasteiger partial charge in [0.05, 0.1) is 6.42 Å². The van der Waals surface area contributed by atoms with Crippen LogP contribution >= 0.6 is 0 Å². The van der Waals surface area contributed by atoms with Gasteiger partial charge in [-0.15, -0.1) is 0 Å². The first-order chi connectivity index (χ1) is 13.5. The molecule has 1 atom stereocenters. The zero-order chi connectivity index (χ0) is 20.4. The van der Waals surface area contributed by atoms with E-state index in [4.69, 9.17) is 0 Å². The molecule has 0 aliphatic rings. The monoisotopic (exact) mass is 380 g/mol. The number of aryl methyl sites for hydroxylation is 1. The van der Waals surface area contributed by atoms with Crippen molar-refractivity contribution in [2.45, 2.75) is 59.0 Å². The Hall–Kier alpha value is -2.62. The topological polar surface area (TPSA) is 49.4 Å². The Kier molecular flexibility index (Phi) is 8.73. The lowest BCUT2D eigenvalue weighted by Gasteiger charge is -2.31. The van der Waals surface area contributed by atoms with Crippen molar-refractivity contribution in [2.24, 2.45) is 0 Å². The van der Waals surface area contributed by atoms with E-state index in [1.807, 2.05) is 62.4 Å². The summed E-state index contributed by atoms with van der Waals surface area (Å²) in [6.45, 7) is 7.18. The van der Waals surface area contributed by atoms with Gasteiger partial charge in [-0.25, -0.2) is 0 Å². The van der Waals surface area contributed by atoms with Crippen LogP contribution in [0.4, 0.5) is 0 Å². The van der Waals surface area contributed by atoms with Crippen LogP contribution in [0.3, 0.4) is 0 Å². The summed E-state index contributed by atoms with van der Waals surface area (Å²) in [5.41, 5.74) is 3.15. The molecule has 0 radical (unpaired) electrons. The fourth-order valence-electron chi connectivity index (χ4n) is 3.30. The van der Waals surface area contributed by atoms with Gasteiger partial charge in [-0.2, -0.15) is 0 Å². The zero-order valence-electron chi connectivity index (χ0n) is 17.3. The molecule has 0 aromatic heterocycles. The average Bonchev–Trinajstić information content (AvgIpc) is 2.69. The van der Waals surface area contributed by atoms with Crippen molar-refractivity contribution in [1.82, 2.24) is 10.2 Å². The van der Waals surface area contributed by atoms with E-state index in [2.05, 4.69) is 18.3 Å². The predicted octanol–water partition coefficient (Wildman–Crippen LogP) is 4.26. The minimum Gasteiger partial charge on any atom is -0.354 e. The summed E-state index contributed by atoms with van der Waals surface area (Å²) in [6, 6.07) is 17.4. The molecule has 4 nitrogen and oxygen atoms in total. The molecule has 0 bridgehead atoms. The molecule has 0 fully saturated rings. The van der Waals surface area contributed by atoms with Gasteiger partial charge in [-0.05, 0) is 30.9 Å². The maximum Gasteiger partial charge on any atom is 0.242 e. The van der Waals surface area contributed by atoms with Crippen LogP contribution in [0.1, 0.15) is 49.8 Å². The van der Waals surface area contributed by atoms with Crippen LogP contribution < -0.4 is 5.32 Å². The summed E-state index contributed by atoms with van der Waals surface area (Å²) < 4.78 is 0. The number of carbonyl (C=O) groups is 2. The maximum atomic E-state index is 13.2. The van der Waals surface area contributed by atoms with Gasteiger partial charge in [0.2, 0.25) is 11.8 Å². The molecule has 0 spiro atoms. The largest absolute Gasteiger partial charge is 0.354 e. The van der Waals surface area contributed by atoms with Gasteiger partial charge in [-0.3, -0.25) is 9.59 Å². The molecular weight excluding hydrogens is 348 g/mol. The number of carbonyl (C=O) groups excluding carboxylic acids is 2. The lowest BCUT2D eigenvalue weighted by atomic mass is 10.1. The van der Waals surface area contributed by atoms with E-state index in [0.29, 0.717) is 25.9 Å². The third kappa shape index (κ3) is 6.52. The van der Waals surface area contributed by atoms with E-state index in [-0.39, 0.29) is 11.8 Å². The van der Waals surface area contributed by atoms with E-state index in [9.17, 15) is 9.59 Å². The van der Waals surface area contributed by atoms with Gasteiger partial charge in [0.25, 0.3) is 0 Å². The third-order valence-electron chi connectivity index (χ3n) is 4.85. The van der Waals surface area contributed by atoms with Crippen LogP contribution in [0.25, 0.3) is 0 Å². The Labute approximate surface area is 169 Å². The van der Waals surface area contributed by atoms with Crippen LogP contribution in [0.5, 0.6) is 0 Å². The Morgan fingerprint density at radius 2 is 1.71 bits per heavy atom. The van der Waals surface area contributed by atoms with E-state index >= 15 is 0 Å². The van der Waals surface area contributed by atoms with Gasteiger partial charge in [0.15, 0.2) is 0 Å². The molecule has 28 heavy (non-hydrogen) atoms. The molecular formula is C24H32N2O2.